The second-order valence-electron chi connectivity index (χ2n) is 17.6. The van der Waals surface area contributed by atoms with Crippen LogP contribution in [0.5, 0.6) is 11.5 Å². The van der Waals surface area contributed by atoms with Crippen molar-refractivity contribution in [1.29, 1.82) is 0 Å². The number of hydrogen-bond donors (Lipinski definition) is 0. The van der Waals surface area contributed by atoms with Gasteiger partial charge in [0, 0.05) is 19.4 Å². The molecule has 3 heterocycles. The molecule has 2 aromatic carbocycles. The molecule has 1 atom stereocenters. The Balaban J connectivity index is 1.54. The Morgan fingerprint density at radius 3 is 1.82 bits per heavy atom. The average molecular weight is 673 g/mol. The highest BCUT2D eigenvalue weighted by atomic mass is 16.7. The molecule has 6 heteroatoms. The van der Waals surface area contributed by atoms with Crippen LogP contribution in [0.2, 0.25) is 0 Å². The van der Waals surface area contributed by atoms with E-state index in [1.807, 2.05) is 0 Å². The Labute approximate surface area is 299 Å². The van der Waals surface area contributed by atoms with Gasteiger partial charge in [-0.1, -0.05) is 90.5 Å². The van der Waals surface area contributed by atoms with Crippen molar-refractivity contribution in [3.63, 3.8) is 0 Å². The molecule has 2 aromatic rings. The van der Waals surface area contributed by atoms with E-state index < -0.39 is 6.03 Å². The van der Waals surface area contributed by atoms with Crippen molar-refractivity contribution in [2.75, 3.05) is 45.8 Å². The zero-order chi connectivity index (χ0) is 35.9. The molecule has 0 N–H and O–H groups in total. The standard InChI is InChI=1S/C43H68N4O2/c1-14-44(15-2)22-18-20-32(21-19-23-45(16-3)17-4)33-24-31(5)38-34(25-33)29-47-42(12,13)30-46-28-35-26-36(40(6,7)8)27-37(41(9,10)11)39(35)49-43(46,47)48-38/h24-29,32H,14-23,30H2,1-13H3/q+2. The highest BCUT2D eigenvalue weighted by Crippen LogP contribution is 2.47. The number of hydrogen-bond acceptors (Lipinski definition) is 4. The Bertz CT molecular complexity index is 1550. The van der Waals surface area contributed by atoms with Crippen LogP contribution in [0, 0.1) is 6.92 Å². The molecule has 1 saturated heterocycles. The van der Waals surface area contributed by atoms with Crippen LogP contribution in [-0.2, 0) is 10.8 Å². The molecule has 0 bridgehead atoms. The predicted molar refractivity (Wildman–Crippen MR) is 206 cm³/mol. The molecular formula is C43H68N4O2+2. The normalized spacial score (nSPS) is 19.6. The van der Waals surface area contributed by atoms with Gasteiger partial charge in [-0.25, -0.2) is 0 Å². The van der Waals surface area contributed by atoms with Crippen molar-refractivity contribution >= 4 is 12.4 Å². The first kappa shape index (κ1) is 37.6. The SMILES string of the molecule is CCN(CC)CCCC(CCCN(CC)CC)c1cc(C)c2c(c1)C=[N+]1C(C)(C)C[N+]3=Cc4cc(C(C)(C)C)cc(C(C)(C)C)c4OC31O2. The molecule has 0 aliphatic carbocycles. The molecule has 270 valence electrons. The average Bonchev–Trinajstić information content (AvgIpc) is 3.25. The topological polar surface area (TPSA) is 31.0 Å². The molecule has 49 heavy (non-hydrogen) atoms. The van der Waals surface area contributed by atoms with Gasteiger partial charge in [-0.3, -0.25) is 0 Å². The number of benzene rings is 2. The van der Waals surface area contributed by atoms with E-state index in [1.54, 1.807) is 0 Å². The Kier molecular flexibility index (Phi) is 10.8. The van der Waals surface area contributed by atoms with E-state index in [4.69, 9.17) is 9.47 Å². The van der Waals surface area contributed by atoms with Crippen LogP contribution >= 0.6 is 0 Å². The summed E-state index contributed by atoms with van der Waals surface area (Å²) >= 11 is 0. The van der Waals surface area contributed by atoms with E-state index >= 15 is 0 Å². The van der Waals surface area contributed by atoms with Gasteiger partial charge in [0.1, 0.15) is 0 Å². The molecule has 6 nitrogen and oxygen atoms in total. The van der Waals surface area contributed by atoms with E-state index in [9.17, 15) is 0 Å². The third-order valence-electron chi connectivity index (χ3n) is 11.3. The summed E-state index contributed by atoms with van der Waals surface area (Å²) in [6, 6.07) is 8.48. The van der Waals surface area contributed by atoms with Crippen LogP contribution in [0.15, 0.2) is 24.3 Å². The third kappa shape index (κ3) is 7.52. The highest BCUT2D eigenvalue weighted by Gasteiger charge is 2.75. The lowest BCUT2D eigenvalue weighted by atomic mass is 9.79. The third-order valence-corrected chi connectivity index (χ3v) is 11.3. The first-order valence-electron chi connectivity index (χ1n) is 19.4. The van der Waals surface area contributed by atoms with E-state index in [2.05, 4.69) is 146 Å². The van der Waals surface area contributed by atoms with Gasteiger partial charge < -0.3 is 19.3 Å². The molecule has 1 unspecified atom stereocenters. The number of ether oxygens (including phenoxy) is 2. The van der Waals surface area contributed by atoms with E-state index in [-0.39, 0.29) is 16.4 Å². The molecule has 0 radical (unpaired) electrons. The van der Waals surface area contributed by atoms with Crippen LogP contribution in [0.4, 0.5) is 0 Å². The Morgan fingerprint density at radius 2 is 1.29 bits per heavy atom. The summed E-state index contributed by atoms with van der Waals surface area (Å²) in [7, 11) is 0. The molecule has 0 amide bonds. The molecule has 5 rings (SSSR count). The highest BCUT2D eigenvalue weighted by molar-refractivity contribution is 5.85. The number of fused-ring (bicyclic) bond motifs is 2. The lowest BCUT2D eigenvalue weighted by Crippen LogP contribution is -2.61. The summed E-state index contributed by atoms with van der Waals surface area (Å²) < 4.78 is 19.1. The molecule has 1 spiro atoms. The van der Waals surface area contributed by atoms with E-state index in [0.717, 1.165) is 49.8 Å². The van der Waals surface area contributed by atoms with Gasteiger partial charge >= 0.3 is 6.03 Å². The zero-order valence-electron chi connectivity index (χ0n) is 33.4. The van der Waals surface area contributed by atoms with Crippen molar-refractivity contribution in [3.8, 4) is 11.5 Å². The monoisotopic (exact) mass is 673 g/mol. The summed E-state index contributed by atoms with van der Waals surface area (Å²) in [6.45, 7) is 37.3. The van der Waals surface area contributed by atoms with Crippen molar-refractivity contribution < 1.29 is 18.6 Å². The molecule has 1 fully saturated rings. The smallest absolute Gasteiger partial charge is 0.340 e. The lowest BCUT2D eigenvalue weighted by Gasteiger charge is -2.33. The summed E-state index contributed by atoms with van der Waals surface area (Å²) in [5.41, 5.74) is 7.23. The Hall–Kier alpha value is -2.70. The van der Waals surface area contributed by atoms with Gasteiger partial charge in [-0.2, -0.15) is 0 Å². The quantitative estimate of drug-likeness (QED) is 0.199. The maximum Gasteiger partial charge on any atom is 0.704 e. The van der Waals surface area contributed by atoms with Crippen LogP contribution in [0.25, 0.3) is 0 Å². The summed E-state index contributed by atoms with van der Waals surface area (Å²) in [6.07, 6.45) is 9.51. The van der Waals surface area contributed by atoms with Gasteiger partial charge in [0.05, 0.1) is 11.1 Å². The molecule has 3 aliphatic rings. The van der Waals surface area contributed by atoms with Gasteiger partial charge in [0.15, 0.2) is 23.9 Å². The number of aryl methyl sites for hydroxylation is 1. The molecular weight excluding hydrogens is 604 g/mol. The minimum absolute atomic E-state index is 0.0336. The fourth-order valence-electron chi connectivity index (χ4n) is 8.14. The summed E-state index contributed by atoms with van der Waals surface area (Å²) in [5.74, 6) is 2.40. The van der Waals surface area contributed by atoms with Crippen molar-refractivity contribution in [3.05, 3.63) is 57.6 Å². The zero-order valence-corrected chi connectivity index (χ0v) is 33.4. The second kappa shape index (κ2) is 14.1. The van der Waals surface area contributed by atoms with Crippen LogP contribution in [-0.4, -0.2) is 88.8 Å². The molecule has 0 saturated carbocycles. The maximum absolute atomic E-state index is 7.25. The fraction of sp³-hybridized carbons (Fsp3) is 0.674. The van der Waals surface area contributed by atoms with Gasteiger partial charge in [0.2, 0.25) is 12.1 Å². The summed E-state index contributed by atoms with van der Waals surface area (Å²) in [4.78, 5) is 5.11. The number of nitrogens with zero attached hydrogens (tertiary/aromatic N) is 4. The fourth-order valence-corrected chi connectivity index (χ4v) is 8.14. The summed E-state index contributed by atoms with van der Waals surface area (Å²) in [5, 5.41) is 0. The number of rotatable bonds is 13. The van der Waals surface area contributed by atoms with Gasteiger partial charge in [-0.05, 0) is 117 Å². The molecule has 0 aromatic heterocycles. The van der Waals surface area contributed by atoms with Crippen LogP contribution in [0.3, 0.4) is 0 Å². The van der Waals surface area contributed by atoms with E-state index in [0.29, 0.717) is 5.92 Å². The largest absolute Gasteiger partial charge is 0.704 e. The van der Waals surface area contributed by atoms with E-state index in [1.165, 1.54) is 66.6 Å². The minimum atomic E-state index is -1.06. The van der Waals surface area contributed by atoms with Crippen LogP contribution < -0.4 is 9.47 Å². The first-order valence-corrected chi connectivity index (χ1v) is 19.4. The lowest BCUT2D eigenvalue weighted by molar-refractivity contribution is -0.867. The second-order valence-corrected chi connectivity index (χ2v) is 17.6. The first-order chi connectivity index (χ1) is 23.0. The van der Waals surface area contributed by atoms with Crippen LogP contribution in [0.1, 0.15) is 148 Å². The van der Waals surface area contributed by atoms with Gasteiger partial charge in [-0.15, -0.1) is 0 Å². The maximum atomic E-state index is 7.25. The van der Waals surface area contributed by atoms with Crippen molar-refractivity contribution in [1.82, 2.24) is 9.80 Å². The van der Waals surface area contributed by atoms with Gasteiger partial charge in [0.25, 0.3) is 0 Å². The Morgan fingerprint density at radius 1 is 0.735 bits per heavy atom. The van der Waals surface area contributed by atoms with Crippen molar-refractivity contribution in [2.24, 2.45) is 0 Å². The molecule has 3 aliphatic heterocycles. The minimum Gasteiger partial charge on any atom is -0.340 e. The van der Waals surface area contributed by atoms with Crippen molar-refractivity contribution in [2.45, 2.75) is 144 Å². The predicted octanol–water partition coefficient (Wildman–Crippen LogP) is 8.67.